The van der Waals surface area contributed by atoms with E-state index < -0.39 is 0 Å². The van der Waals surface area contributed by atoms with Crippen molar-refractivity contribution in [1.82, 2.24) is 9.38 Å². The van der Waals surface area contributed by atoms with E-state index in [2.05, 4.69) is 49.3 Å². The van der Waals surface area contributed by atoms with Crippen molar-refractivity contribution in [3.05, 3.63) is 41.7 Å². The third-order valence-electron chi connectivity index (χ3n) is 4.59. The largest absolute Gasteiger partial charge is 0.274 e. The molecule has 2 bridgehead atoms. The highest BCUT2D eigenvalue weighted by Crippen LogP contribution is 2.58. The fourth-order valence-corrected chi connectivity index (χ4v) is 3.96. The molecule has 5 rings (SSSR count). The van der Waals surface area contributed by atoms with Gasteiger partial charge < -0.3 is 0 Å². The van der Waals surface area contributed by atoms with Crippen LogP contribution in [0.1, 0.15) is 25.0 Å². The van der Waals surface area contributed by atoms with Crippen LogP contribution in [-0.2, 0) is 5.41 Å². The van der Waals surface area contributed by atoms with Crippen molar-refractivity contribution in [2.75, 3.05) is 6.67 Å². The minimum absolute atomic E-state index is 0.115. The molecule has 4 heterocycles. The molecular weight excluding hydrogens is 210 g/mol. The number of benzene rings is 1. The van der Waals surface area contributed by atoms with Gasteiger partial charge in [-0.3, -0.25) is 4.90 Å². The fourth-order valence-electron chi connectivity index (χ4n) is 3.96. The normalized spacial score (nSPS) is 33.9. The van der Waals surface area contributed by atoms with Crippen LogP contribution in [0.5, 0.6) is 0 Å². The molecule has 1 fully saturated rings. The van der Waals surface area contributed by atoms with Gasteiger partial charge in [-0.2, -0.15) is 5.26 Å². The summed E-state index contributed by atoms with van der Waals surface area (Å²) >= 11 is 0. The minimum atomic E-state index is 0.115. The van der Waals surface area contributed by atoms with Gasteiger partial charge in [-0.15, -0.1) is 0 Å². The molecule has 2 unspecified atom stereocenters. The predicted molar refractivity (Wildman–Crippen MR) is 65.6 cm³/mol. The highest BCUT2D eigenvalue weighted by molar-refractivity contribution is 5.67. The standard InChI is InChI=1S/C14H14N3/c1-14(2)11-7-10(8-15)3-4-12(11)17-6-5-16(9-17)13(14)17/h3-7,13H,9H2,1-2H3/q+1. The Morgan fingerprint density at radius 2 is 2.29 bits per heavy atom. The summed E-state index contributed by atoms with van der Waals surface area (Å²) in [4.78, 5) is 2.41. The number of quaternary nitrogens is 1. The first kappa shape index (κ1) is 9.26. The minimum Gasteiger partial charge on any atom is -0.274 e. The molecule has 17 heavy (non-hydrogen) atoms. The number of nitrogens with zero attached hydrogens (tertiary/aromatic N) is 3. The maximum atomic E-state index is 9.04. The van der Waals surface area contributed by atoms with Crippen LogP contribution in [0.25, 0.3) is 0 Å². The zero-order chi connectivity index (χ0) is 11.8. The van der Waals surface area contributed by atoms with E-state index in [1.807, 2.05) is 6.07 Å². The van der Waals surface area contributed by atoms with Crippen LogP contribution in [0.3, 0.4) is 0 Å². The number of fused-ring (bicyclic) bond motifs is 1. The highest BCUT2D eigenvalue weighted by Gasteiger charge is 2.69. The van der Waals surface area contributed by atoms with E-state index in [9.17, 15) is 0 Å². The third kappa shape index (κ3) is 0.777. The zero-order valence-corrected chi connectivity index (χ0v) is 10.0. The maximum absolute atomic E-state index is 9.04. The van der Waals surface area contributed by atoms with Gasteiger partial charge in [-0.25, -0.2) is 4.48 Å². The van der Waals surface area contributed by atoms with Gasteiger partial charge in [0.1, 0.15) is 11.9 Å². The Morgan fingerprint density at radius 1 is 1.47 bits per heavy atom. The molecular formula is C14H14N3+. The Balaban J connectivity index is 2.02. The topological polar surface area (TPSA) is 27.0 Å². The van der Waals surface area contributed by atoms with Crippen LogP contribution in [0.2, 0.25) is 0 Å². The summed E-state index contributed by atoms with van der Waals surface area (Å²) < 4.78 is 0.966. The van der Waals surface area contributed by atoms with Crippen molar-refractivity contribution in [1.29, 1.82) is 5.26 Å². The summed E-state index contributed by atoms with van der Waals surface area (Å²) in [5.74, 6) is 0. The van der Waals surface area contributed by atoms with E-state index in [0.717, 1.165) is 16.7 Å². The average Bonchev–Trinajstić information content (AvgIpc) is 2.89. The van der Waals surface area contributed by atoms with Gasteiger partial charge in [0.15, 0.2) is 12.8 Å². The molecule has 84 valence electrons. The molecule has 0 aliphatic carbocycles. The second-order valence-electron chi connectivity index (χ2n) is 5.82. The van der Waals surface area contributed by atoms with Crippen molar-refractivity contribution in [2.24, 2.45) is 0 Å². The molecule has 0 N–H and O–H groups in total. The molecule has 0 saturated carbocycles. The average molecular weight is 224 g/mol. The van der Waals surface area contributed by atoms with Gasteiger partial charge in [0.2, 0.25) is 0 Å². The van der Waals surface area contributed by atoms with E-state index in [4.69, 9.17) is 5.26 Å². The molecule has 3 heteroatoms. The molecule has 4 aliphatic rings. The van der Waals surface area contributed by atoms with Gasteiger partial charge in [0.25, 0.3) is 0 Å². The van der Waals surface area contributed by atoms with E-state index in [-0.39, 0.29) is 5.41 Å². The number of hydrogen-bond donors (Lipinski definition) is 0. The lowest BCUT2D eigenvalue weighted by molar-refractivity contribution is -0.0227. The molecule has 0 aromatic heterocycles. The molecule has 1 spiro atoms. The molecule has 3 nitrogen and oxygen atoms in total. The predicted octanol–water partition coefficient (Wildman–Crippen LogP) is 2.24. The Bertz CT molecular complexity index is 608. The molecule has 1 saturated heterocycles. The van der Waals surface area contributed by atoms with E-state index >= 15 is 0 Å². The summed E-state index contributed by atoms with van der Waals surface area (Å²) in [6.07, 6.45) is 5.02. The van der Waals surface area contributed by atoms with E-state index in [0.29, 0.717) is 6.17 Å². The molecule has 1 aromatic carbocycles. The number of rotatable bonds is 0. The first-order chi connectivity index (χ1) is 8.09. The van der Waals surface area contributed by atoms with Crippen LogP contribution in [0.15, 0.2) is 30.6 Å². The van der Waals surface area contributed by atoms with Crippen LogP contribution < -0.4 is 4.48 Å². The first-order valence-electron chi connectivity index (χ1n) is 5.97. The molecule has 0 amide bonds. The smallest absolute Gasteiger partial charge is 0.188 e. The lowest BCUT2D eigenvalue weighted by Crippen LogP contribution is -2.71. The second-order valence-corrected chi connectivity index (χ2v) is 5.82. The van der Waals surface area contributed by atoms with E-state index in [1.54, 1.807) is 0 Å². The van der Waals surface area contributed by atoms with Crippen LogP contribution in [0, 0.1) is 11.3 Å². The maximum Gasteiger partial charge on any atom is 0.188 e. The van der Waals surface area contributed by atoms with E-state index in [1.165, 1.54) is 11.3 Å². The second kappa shape index (κ2) is 2.39. The van der Waals surface area contributed by atoms with Crippen LogP contribution in [0.4, 0.5) is 5.69 Å². The number of nitriles is 1. The van der Waals surface area contributed by atoms with Crippen molar-refractivity contribution in [3.63, 3.8) is 0 Å². The highest BCUT2D eigenvalue weighted by atomic mass is 15.7. The summed E-state index contributed by atoms with van der Waals surface area (Å²) in [5, 5.41) is 9.04. The van der Waals surface area contributed by atoms with Gasteiger partial charge >= 0.3 is 0 Å². The van der Waals surface area contributed by atoms with Gasteiger partial charge in [-0.05, 0) is 26.0 Å². The Kier molecular flexibility index (Phi) is 1.30. The Labute approximate surface area is 101 Å². The SMILES string of the molecule is CC1(C)c2cc(C#N)ccc2[N+]23C=CN(C2)C13. The lowest BCUT2D eigenvalue weighted by Gasteiger charge is -2.49. The molecule has 2 atom stereocenters. The summed E-state index contributed by atoms with van der Waals surface area (Å²) in [7, 11) is 0. The third-order valence-corrected chi connectivity index (χ3v) is 4.59. The monoisotopic (exact) mass is 224 g/mol. The van der Waals surface area contributed by atoms with Crippen molar-refractivity contribution in [2.45, 2.75) is 25.4 Å². The molecule has 1 aromatic rings. The Hall–Kier alpha value is -1.79. The first-order valence-corrected chi connectivity index (χ1v) is 5.97. The van der Waals surface area contributed by atoms with Gasteiger partial charge in [0, 0.05) is 11.6 Å². The zero-order valence-electron chi connectivity index (χ0n) is 10.0. The van der Waals surface area contributed by atoms with Gasteiger partial charge in [0.05, 0.1) is 23.2 Å². The number of hydrogen-bond acceptors (Lipinski definition) is 2. The van der Waals surface area contributed by atoms with Crippen LogP contribution >= 0.6 is 0 Å². The Morgan fingerprint density at radius 3 is 3.00 bits per heavy atom. The fraction of sp³-hybridized carbons (Fsp3) is 0.357. The summed E-state index contributed by atoms with van der Waals surface area (Å²) in [6, 6.07) is 8.41. The molecule has 4 aliphatic heterocycles. The van der Waals surface area contributed by atoms with Crippen molar-refractivity contribution < 1.29 is 0 Å². The van der Waals surface area contributed by atoms with Crippen LogP contribution in [-0.4, -0.2) is 17.7 Å². The lowest BCUT2D eigenvalue weighted by atomic mass is 9.82. The summed E-state index contributed by atoms with van der Waals surface area (Å²) in [6.45, 7) is 5.64. The van der Waals surface area contributed by atoms with Crippen molar-refractivity contribution in [3.8, 4) is 6.07 Å². The molecule has 0 radical (unpaired) electrons. The summed E-state index contributed by atoms with van der Waals surface area (Å²) in [5.41, 5.74) is 3.61. The van der Waals surface area contributed by atoms with Gasteiger partial charge in [-0.1, -0.05) is 0 Å². The quantitative estimate of drug-likeness (QED) is 0.632. The van der Waals surface area contributed by atoms with Crippen molar-refractivity contribution >= 4 is 5.69 Å².